The third kappa shape index (κ3) is 2.65. The first-order chi connectivity index (χ1) is 10.6. The molecular weight excluding hydrogens is 302 g/mol. The number of hydrogen-bond donors (Lipinski definition) is 1. The molecule has 1 aromatic heterocycles. The number of nitrogens with one attached hydrogen (secondary N) is 1. The van der Waals surface area contributed by atoms with Crippen molar-refractivity contribution in [1.29, 1.82) is 0 Å². The molecule has 0 unspecified atom stereocenters. The number of anilines is 1. The molecule has 0 atom stereocenters. The van der Waals surface area contributed by atoms with Crippen molar-refractivity contribution in [2.75, 3.05) is 12.4 Å². The van der Waals surface area contributed by atoms with Gasteiger partial charge in [-0.15, -0.1) is 0 Å². The molecule has 2 aromatic carbocycles. The summed E-state index contributed by atoms with van der Waals surface area (Å²) >= 11 is 5.96. The van der Waals surface area contributed by atoms with Crippen molar-refractivity contribution in [3.63, 3.8) is 0 Å². The van der Waals surface area contributed by atoms with Gasteiger partial charge in [0.2, 0.25) is 0 Å². The van der Waals surface area contributed by atoms with Crippen LogP contribution in [0.25, 0.3) is 11.0 Å². The summed E-state index contributed by atoms with van der Waals surface area (Å²) in [5, 5.41) is 4.18. The van der Waals surface area contributed by atoms with E-state index in [4.69, 9.17) is 20.8 Å². The minimum Gasteiger partial charge on any atom is -0.493 e. The van der Waals surface area contributed by atoms with Crippen LogP contribution in [0, 0.1) is 6.92 Å². The summed E-state index contributed by atoms with van der Waals surface area (Å²) in [6.45, 7) is 1.90. The van der Waals surface area contributed by atoms with Crippen LogP contribution in [0.1, 0.15) is 16.1 Å². The van der Waals surface area contributed by atoms with Gasteiger partial charge in [0, 0.05) is 16.1 Å². The van der Waals surface area contributed by atoms with E-state index in [1.54, 1.807) is 31.4 Å². The number of furan rings is 1. The minimum absolute atomic E-state index is 0.221. The number of carbonyl (C=O) groups is 1. The van der Waals surface area contributed by atoms with Crippen molar-refractivity contribution < 1.29 is 13.9 Å². The Hall–Kier alpha value is -2.46. The van der Waals surface area contributed by atoms with Crippen molar-refractivity contribution in [3.8, 4) is 5.75 Å². The van der Waals surface area contributed by atoms with Gasteiger partial charge in [-0.2, -0.15) is 0 Å². The number of hydrogen-bond acceptors (Lipinski definition) is 3. The Morgan fingerprint density at radius 3 is 2.82 bits per heavy atom. The monoisotopic (exact) mass is 315 g/mol. The second-order valence-electron chi connectivity index (χ2n) is 4.90. The van der Waals surface area contributed by atoms with Crippen LogP contribution in [0.4, 0.5) is 5.69 Å². The van der Waals surface area contributed by atoms with Crippen LogP contribution in [0.15, 0.2) is 46.9 Å². The largest absolute Gasteiger partial charge is 0.493 e. The summed E-state index contributed by atoms with van der Waals surface area (Å²) in [5.41, 5.74) is 2.13. The summed E-state index contributed by atoms with van der Waals surface area (Å²) in [6, 6.07) is 12.5. The highest BCUT2D eigenvalue weighted by Gasteiger charge is 2.15. The SMILES string of the molecule is COc1cccc2cc(C(=O)Nc3cc(Cl)ccc3C)oc12. The van der Waals surface area contributed by atoms with Crippen molar-refractivity contribution in [1.82, 2.24) is 0 Å². The molecule has 0 radical (unpaired) electrons. The van der Waals surface area contributed by atoms with Gasteiger partial charge in [-0.05, 0) is 36.8 Å². The molecule has 0 aliphatic carbocycles. The van der Waals surface area contributed by atoms with Crippen LogP contribution in [-0.4, -0.2) is 13.0 Å². The Morgan fingerprint density at radius 2 is 2.05 bits per heavy atom. The van der Waals surface area contributed by atoms with Gasteiger partial charge in [-0.1, -0.05) is 29.8 Å². The van der Waals surface area contributed by atoms with Crippen molar-refractivity contribution in [2.45, 2.75) is 6.92 Å². The third-order valence-corrected chi connectivity index (χ3v) is 3.63. The Morgan fingerprint density at radius 1 is 1.23 bits per heavy atom. The maximum atomic E-state index is 12.4. The van der Waals surface area contributed by atoms with E-state index in [9.17, 15) is 4.79 Å². The number of rotatable bonds is 3. The molecule has 0 spiro atoms. The summed E-state index contributed by atoms with van der Waals surface area (Å²) in [5.74, 6) is 0.484. The van der Waals surface area contributed by atoms with E-state index in [1.165, 1.54) is 0 Å². The minimum atomic E-state index is -0.330. The van der Waals surface area contributed by atoms with Crippen LogP contribution in [-0.2, 0) is 0 Å². The smallest absolute Gasteiger partial charge is 0.291 e. The second-order valence-corrected chi connectivity index (χ2v) is 5.34. The lowest BCUT2D eigenvalue weighted by Gasteiger charge is -2.07. The molecule has 1 heterocycles. The van der Waals surface area contributed by atoms with Gasteiger partial charge in [0.05, 0.1) is 7.11 Å². The van der Waals surface area contributed by atoms with Crippen LogP contribution in [0.2, 0.25) is 5.02 Å². The highest BCUT2D eigenvalue weighted by molar-refractivity contribution is 6.31. The maximum absolute atomic E-state index is 12.4. The Labute approximate surface area is 132 Å². The highest BCUT2D eigenvalue weighted by atomic mass is 35.5. The van der Waals surface area contributed by atoms with Gasteiger partial charge in [-0.25, -0.2) is 0 Å². The molecule has 22 heavy (non-hydrogen) atoms. The molecule has 3 aromatic rings. The van der Waals surface area contributed by atoms with Gasteiger partial charge >= 0.3 is 0 Å². The van der Waals surface area contributed by atoms with Gasteiger partial charge < -0.3 is 14.5 Å². The zero-order valence-corrected chi connectivity index (χ0v) is 12.9. The van der Waals surface area contributed by atoms with Crippen molar-refractivity contribution >= 4 is 34.2 Å². The average molecular weight is 316 g/mol. The normalized spacial score (nSPS) is 10.7. The number of amides is 1. The zero-order chi connectivity index (χ0) is 15.7. The van der Waals surface area contributed by atoms with Crippen molar-refractivity contribution in [3.05, 3.63) is 58.8 Å². The Kier molecular flexibility index (Phi) is 3.77. The van der Waals surface area contributed by atoms with E-state index in [1.807, 2.05) is 25.1 Å². The molecule has 5 heteroatoms. The van der Waals surface area contributed by atoms with Gasteiger partial charge in [0.15, 0.2) is 17.1 Å². The molecule has 1 amide bonds. The van der Waals surface area contributed by atoms with Gasteiger partial charge in [-0.3, -0.25) is 4.79 Å². The lowest BCUT2D eigenvalue weighted by molar-refractivity contribution is 0.0998. The first-order valence-electron chi connectivity index (χ1n) is 6.72. The first kappa shape index (κ1) is 14.5. The van der Waals surface area contributed by atoms with Gasteiger partial charge in [0.1, 0.15) is 0 Å². The molecule has 1 N–H and O–H groups in total. The Balaban J connectivity index is 1.94. The van der Waals surface area contributed by atoms with Crippen LogP contribution < -0.4 is 10.1 Å². The van der Waals surface area contributed by atoms with E-state index in [0.717, 1.165) is 10.9 Å². The summed E-state index contributed by atoms with van der Waals surface area (Å²) < 4.78 is 10.9. The second kappa shape index (κ2) is 5.73. The van der Waals surface area contributed by atoms with E-state index >= 15 is 0 Å². The third-order valence-electron chi connectivity index (χ3n) is 3.40. The molecule has 4 nitrogen and oxygen atoms in total. The van der Waals surface area contributed by atoms with E-state index in [2.05, 4.69) is 5.32 Å². The number of carbonyl (C=O) groups excluding carboxylic acids is 1. The molecule has 0 saturated heterocycles. The van der Waals surface area contributed by atoms with E-state index in [-0.39, 0.29) is 11.7 Å². The number of methoxy groups -OCH3 is 1. The summed E-state index contributed by atoms with van der Waals surface area (Å²) in [6.07, 6.45) is 0. The fourth-order valence-electron chi connectivity index (χ4n) is 2.22. The van der Waals surface area contributed by atoms with E-state index < -0.39 is 0 Å². The number of halogens is 1. The molecule has 0 aliphatic heterocycles. The number of ether oxygens (including phenoxy) is 1. The molecule has 0 saturated carbocycles. The van der Waals surface area contributed by atoms with Crippen LogP contribution >= 0.6 is 11.6 Å². The van der Waals surface area contributed by atoms with Crippen LogP contribution in [0.5, 0.6) is 5.75 Å². The fraction of sp³-hybridized carbons (Fsp3) is 0.118. The molecular formula is C17H14ClNO3. The zero-order valence-electron chi connectivity index (χ0n) is 12.1. The molecule has 0 bridgehead atoms. The molecule has 3 rings (SSSR count). The quantitative estimate of drug-likeness (QED) is 0.765. The predicted octanol–water partition coefficient (Wildman–Crippen LogP) is 4.66. The lowest BCUT2D eigenvalue weighted by atomic mass is 10.2. The Bertz CT molecular complexity index is 854. The van der Waals surface area contributed by atoms with E-state index in [0.29, 0.717) is 22.0 Å². The molecule has 0 aliphatic rings. The number of para-hydroxylation sites is 1. The highest BCUT2D eigenvalue weighted by Crippen LogP contribution is 2.29. The number of aryl methyl sites for hydroxylation is 1. The lowest BCUT2D eigenvalue weighted by Crippen LogP contribution is -2.11. The average Bonchev–Trinajstić information content (AvgIpc) is 2.95. The number of benzene rings is 2. The van der Waals surface area contributed by atoms with Gasteiger partial charge in [0.25, 0.3) is 5.91 Å². The predicted molar refractivity (Wildman–Crippen MR) is 86.9 cm³/mol. The fourth-order valence-corrected chi connectivity index (χ4v) is 2.39. The maximum Gasteiger partial charge on any atom is 0.291 e. The first-order valence-corrected chi connectivity index (χ1v) is 7.10. The summed E-state index contributed by atoms with van der Waals surface area (Å²) in [4.78, 5) is 12.4. The topological polar surface area (TPSA) is 51.5 Å². The van der Waals surface area contributed by atoms with Crippen LogP contribution in [0.3, 0.4) is 0 Å². The van der Waals surface area contributed by atoms with Crippen molar-refractivity contribution in [2.24, 2.45) is 0 Å². The number of fused-ring (bicyclic) bond motifs is 1. The standard InChI is InChI=1S/C17H14ClNO3/c1-10-6-7-12(18)9-13(10)19-17(20)15-8-11-4-3-5-14(21-2)16(11)22-15/h3-9H,1-2H3,(H,19,20). The molecule has 0 fully saturated rings. The summed E-state index contributed by atoms with van der Waals surface area (Å²) in [7, 11) is 1.56. The molecule has 112 valence electrons.